The first-order valence-electron chi connectivity index (χ1n) is 7.14. The molecular weight excluding hydrogens is 236 g/mol. The lowest BCUT2D eigenvalue weighted by Crippen LogP contribution is -2.43. The third kappa shape index (κ3) is 2.89. The summed E-state index contributed by atoms with van der Waals surface area (Å²) in [6.07, 6.45) is 4.56. The van der Waals surface area contributed by atoms with E-state index in [2.05, 4.69) is 12.1 Å². The first-order valence-corrected chi connectivity index (χ1v) is 7.14. The topological polar surface area (TPSA) is 26.3 Å². The normalized spacial score (nSPS) is 17.8. The van der Waals surface area contributed by atoms with E-state index in [0.717, 1.165) is 25.7 Å². The molecule has 1 aliphatic rings. The number of hydrogen-bond acceptors (Lipinski definition) is 2. The maximum atomic E-state index is 12.7. The molecule has 2 rings (SSSR count). The van der Waals surface area contributed by atoms with Gasteiger partial charge in [-0.25, -0.2) is 0 Å². The van der Waals surface area contributed by atoms with Crippen LogP contribution in [-0.2, 0) is 14.9 Å². The van der Waals surface area contributed by atoms with Crippen molar-refractivity contribution in [2.45, 2.75) is 57.0 Å². The maximum Gasteiger partial charge on any atom is 0.143 e. The van der Waals surface area contributed by atoms with Gasteiger partial charge in [0, 0.05) is 13.5 Å². The summed E-state index contributed by atoms with van der Waals surface area (Å²) in [5.41, 5.74) is 0.781. The third-order valence-electron chi connectivity index (χ3n) is 4.57. The zero-order valence-electron chi connectivity index (χ0n) is 12.2. The summed E-state index contributed by atoms with van der Waals surface area (Å²) in [5, 5.41) is 0. The molecule has 104 valence electrons. The number of hydrogen-bond donors (Lipinski definition) is 0. The Kier molecular flexibility index (Phi) is 4.10. The Morgan fingerprint density at radius 1 is 1.26 bits per heavy atom. The van der Waals surface area contributed by atoms with Gasteiger partial charge in [0.25, 0.3) is 0 Å². The molecule has 1 aromatic rings. The largest absolute Gasteiger partial charge is 0.379 e. The van der Waals surface area contributed by atoms with Crippen molar-refractivity contribution >= 4 is 5.78 Å². The van der Waals surface area contributed by atoms with Crippen molar-refractivity contribution in [1.82, 2.24) is 0 Å². The van der Waals surface area contributed by atoms with Gasteiger partial charge in [0.05, 0.1) is 11.0 Å². The van der Waals surface area contributed by atoms with Gasteiger partial charge in [-0.05, 0) is 38.7 Å². The van der Waals surface area contributed by atoms with Crippen LogP contribution in [0.1, 0.15) is 51.5 Å². The van der Waals surface area contributed by atoms with Crippen LogP contribution in [0.4, 0.5) is 0 Å². The Bertz CT molecular complexity index is 430. The fourth-order valence-electron chi connectivity index (χ4n) is 2.77. The van der Waals surface area contributed by atoms with Crippen LogP contribution in [0.25, 0.3) is 0 Å². The molecule has 1 aliphatic carbocycles. The number of methoxy groups -OCH3 is 1. The number of carbonyl (C=O) groups excluding carboxylic acids is 1. The highest BCUT2D eigenvalue weighted by Crippen LogP contribution is 2.45. The van der Waals surface area contributed by atoms with Gasteiger partial charge in [-0.1, -0.05) is 36.8 Å². The van der Waals surface area contributed by atoms with Crippen LogP contribution in [0, 0.1) is 0 Å². The summed E-state index contributed by atoms with van der Waals surface area (Å²) >= 11 is 0. The van der Waals surface area contributed by atoms with Gasteiger partial charge in [-0.3, -0.25) is 4.79 Å². The molecule has 0 aromatic heterocycles. The predicted molar refractivity (Wildman–Crippen MR) is 77.3 cm³/mol. The van der Waals surface area contributed by atoms with Crippen LogP contribution >= 0.6 is 0 Å². The molecule has 0 radical (unpaired) electrons. The van der Waals surface area contributed by atoms with Gasteiger partial charge in [0.1, 0.15) is 5.78 Å². The van der Waals surface area contributed by atoms with E-state index in [9.17, 15) is 4.79 Å². The molecule has 0 N–H and O–H groups in total. The van der Waals surface area contributed by atoms with Gasteiger partial charge in [0.15, 0.2) is 0 Å². The molecule has 19 heavy (non-hydrogen) atoms. The number of carbonyl (C=O) groups is 1. The van der Waals surface area contributed by atoms with Crippen LogP contribution in [0.15, 0.2) is 30.3 Å². The van der Waals surface area contributed by atoms with Crippen LogP contribution in [0.2, 0.25) is 0 Å². The molecule has 1 saturated carbocycles. The van der Waals surface area contributed by atoms with Crippen molar-refractivity contribution in [1.29, 1.82) is 0 Å². The van der Waals surface area contributed by atoms with E-state index in [-0.39, 0.29) is 11.0 Å². The van der Waals surface area contributed by atoms with Gasteiger partial charge < -0.3 is 4.74 Å². The van der Waals surface area contributed by atoms with Crippen molar-refractivity contribution in [2.24, 2.45) is 0 Å². The summed E-state index contributed by atoms with van der Waals surface area (Å²) < 4.78 is 5.41. The zero-order valence-corrected chi connectivity index (χ0v) is 12.2. The number of Topliss-reactive ketones (excluding diaryl/α,β-unsaturated/α-hetero) is 1. The molecule has 0 unspecified atom stereocenters. The molecule has 0 spiro atoms. The zero-order chi connectivity index (χ0) is 13.9. The van der Waals surface area contributed by atoms with E-state index in [1.54, 1.807) is 7.11 Å². The molecule has 2 nitrogen and oxygen atoms in total. The minimum atomic E-state index is -0.211. The van der Waals surface area contributed by atoms with Crippen molar-refractivity contribution in [3.8, 4) is 0 Å². The van der Waals surface area contributed by atoms with Gasteiger partial charge in [-0.15, -0.1) is 0 Å². The Morgan fingerprint density at radius 2 is 1.89 bits per heavy atom. The first kappa shape index (κ1) is 14.3. The van der Waals surface area contributed by atoms with Crippen LogP contribution in [-0.4, -0.2) is 18.5 Å². The smallest absolute Gasteiger partial charge is 0.143 e. The molecule has 0 bridgehead atoms. The predicted octanol–water partition coefficient (Wildman–Crippen LogP) is 3.88. The average Bonchev–Trinajstić information content (AvgIpc) is 2.37. The van der Waals surface area contributed by atoms with Crippen molar-refractivity contribution in [3.05, 3.63) is 35.9 Å². The van der Waals surface area contributed by atoms with Crippen molar-refractivity contribution in [3.63, 3.8) is 0 Å². The Balaban J connectivity index is 2.08. The van der Waals surface area contributed by atoms with E-state index in [0.29, 0.717) is 12.2 Å². The highest BCUT2D eigenvalue weighted by atomic mass is 16.5. The molecule has 0 saturated heterocycles. The number of ketones is 1. The van der Waals surface area contributed by atoms with E-state index >= 15 is 0 Å². The minimum Gasteiger partial charge on any atom is -0.379 e. The Morgan fingerprint density at radius 3 is 2.37 bits per heavy atom. The monoisotopic (exact) mass is 260 g/mol. The second-order valence-electron chi connectivity index (χ2n) is 6.19. The molecule has 0 atom stereocenters. The van der Waals surface area contributed by atoms with Crippen LogP contribution < -0.4 is 0 Å². The first-order chi connectivity index (χ1) is 9.00. The molecule has 1 aromatic carbocycles. The molecule has 0 aliphatic heterocycles. The lowest BCUT2D eigenvalue weighted by atomic mass is 9.61. The number of benzene rings is 1. The molecule has 1 fully saturated rings. The molecular formula is C17H24O2. The maximum absolute atomic E-state index is 12.7. The van der Waals surface area contributed by atoms with Gasteiger partial charge in [0.2, 0.25) is 0 Å². The summed E-state index contributed by atoms with van der Waals surface area (Å²) in [4.78, 5) is 12.7. The summed E-state index contributed by atoms with van der Waals surface area (Å²) in [5.74, 6) is 0.384. The van der Waals surface area contributed by atoms with Crippen LogP contribution in [0.3, 0.4) is 0 Å². The van der Waals surface area contributed by atoms with Crippen molar-refractivity contribution < 1.29 is 9.53 Å². The van der Waals surface area contributed by atoms with Crippen molar-refractivity contribution in [2.75, 3.05) is 7.11 Å². The molecule has 0 heterocycles. The fourth-order valence-corrected chi connectivity index (χ4v) is 2.77. The van der Waals surface area contributed by atoms with Gasteiger partial charge >= 0.3 is 0 Å². The summed E-state index contributed by atoms with van der Waals surface area (Å²) in [7, 11) is 1.71. The highest BCUT2D eigenvalue weighted by molar-refractivity contribution is 5.91. The Hall–Kier alpha value is -1.15. The number of ether oxygens (including phenoxy) is 1. The van der Waals surface area contributed by atoms with E-state index in [1.165, 1.54) is 5.56 Å². The van der Waals surface area contributed by atoms with E-state index < -0.39 is 0 Å². The summed E-state index contributed by atoms with van der Waals surface area (Å²) in [6.45, 7) is 4.08. The standard InChI is InChI=1S/C17H24O2/c1-16(2,19-3)13-10-15(18)17(11-7-12-17)14-8-5-4-6-9-14/h4-6,8-9H,7,10-13H2,1-3H3. The second-order valence-corrected chi connectivity index (χ2v) is 6.19. The quantitative estimate of drug-likeness (QED) is 0.776. The highest BCUT2D eigenvalue weighted by Gasteiger charge is 2.44. The molecule has 2 heteroatoms. The summed E-state index contributed by atoms with van der Waals surface area (Å²) in [6, 6.07) is 10.3. The Labute approximate surface area is 116 Å². The lowest BCUT2D eigenvalue weighted by Gasteiger charge is -2.41. The number of rotatable bonds is 6. The third-order valence-corrected chi connectivity index (χ3v) is 4.57. The van der Waals surface area contributed by atoms with Crippen LogP contribution in [0.5, 0.6) is 0 Å². The lowest BCUT2D eigenvalue weighted by molar-refractivity contribution is -0.129. The van der Waals surface area contributed by atoms with Gasteiger partial charge in [-0.2, -0.15) is 0 Å². The fraction of sp³-hybridized carbons (Fsp3) is 0.588. The SMILES string of the molecule is COC(C)(C)CCC(=O)C1(c2ccccc2)CCC1. The minimum absolute atomic E-state index is 0.203. The average molecular weight is 260 g/mol. The second kappa shape index (κ2) is 5.46. The van der Waals surface area contributed by atoms with E-state index in [1.807, 2.05) is 32.0 Å². The van der Waals surface area contributed by atoms with E-state index in [4.69, 9.17) is 4.74 Å². The molecule has 0 amide bonds.